The molecule has 0 spiro atoms. The number of rotatable bonds is 2. The van der Waals surface area contributed by atoms with Crippen molar-refractivity contribution in [1.29, 1.82) is 5.26 Å². The maximum Gasteiger partial charge on any atom is 0.246 e. The first-order valence-electron chi connectivity index (χ1n) is 5.81. The number of amides is 2. The lowest BCUT2D eigenvalue weighted by molar-refractivity contribution is -0.149. The van der Waals surface area contributed by atoms with Crippen molar-refractivity contribution in [3.05, 3.63) is 34.3 Å². The monoisotopic (exact) mass is 277 g/mol. The summed E-state index contributed by atoms with van der Waals surface area (Å²) in [6.07, 6.45) is 0.649. The molecule has 0 aromatic heterocycles. The van der Waals surface area contributed by atoms with E-state index in [0.717, 1.165) is 4.90 Å². The Morgan fingerprint density at radius 2 is 2.21 bits per heavy atom. The summed E-state index contributed by atoms with van der Waals surface area (Å²) in [5.74, 6) is -0.621. The van der Waals surface area contributed by atoms with Crippen LogP contribution >= 0.6 is 11.6 Å². The van der Waals surface area contributed by atoms with Gasteiger partial charge in [-0.2, -0.15) is 5.26 Å². The van der Waals surface area contributed by atoms with Crippen LogP contribution in [0.1, 0.15) is 24.0 Å². The summed E-state index contributed by atoms with van der Waals surface area (Å²) in [5.41, 5.74) is 6.70. The summed E-state index contributed by atoms with van der Waals surface area (Å²) >= 11 is 6.03. The first kappa shape index (κ1) is 13.5. The molecule has 19 heavy (non-hydrogen) atoms. The minimum atomic E-state index is -0.630. The first-order chi connectivity index (χ1) is 9.02. The van der Waals surface area contributed by atoms with Crippen molar-refractivity contribution in [3.63, 3.8) is 0 Å². The third kappa shape index (κ3) is 2.75. The lowest BCUT2D eigenvalue weighted by Crippen LogP contribution is -2.50. The molecule has 1 fully saturated rings. The molecular weight excluding hydrogens is 266 g/mol. The van der Waals surface area contributed by atoms with E-state index in [2.05, 4.69) is 0 Å². The van der Waals surface area contributed by atoms with Crippen LogP contribution in [0, 0.1) is 11.3 Å². The van der Waals surface area contributed by atoms with Crippen LogP contribution in [-0.2, 0) is 16.1 Å². The molecule has 0 bridgehead atoms. The van der Waals surface area contributed by atoms with E-state index >= 15 is 0 Å². The number of hydrogen-bond donors (Lipinski definition) is 1. The Morgan fingerprint density at radius 3 is 2.84 bits per heavy atom. The Labute approximate surface area is 115 Å². The van der Waals surface area contributed by atoms with Crippen molar-refractivity contribution in [2.24, 2.45) is 5.73 Å². The van der Waals surface area contributed by atoms with Crippen LogP contribution in [0.25, 0.3) is 0 Å². The Kier molecular flexibility index (Phi) is 3.84. The largest absolute Gasteiger partial charge is 0.320 e. The number of imide groups is 1. The number of nitrogens with zero attached hydrogens (tertiary/aromatic N) is 2. The third-order valence-corrected chi connectivity index (χ3v) is 3.42. The van der Waals surface area contributed by atoms with Gasteiger partial charge in [0.1, 0.15) is 0 Å². The van der Waals surface area contributed by atoms with E-state index in [1.807, 2.05) is 6.07 Å². The summed E-state index contributed by atoms with van der Waals surface area (Å²) in [5, 5.41) is 9.11. The second-order valence-corrected chi connectivity index (χ2v) is 4.79. The van der Waals surface area contributed by atoms with Gasteiger partial charge in [-0.25, -0.2) is 0 Å². The Hall–Kier alpha value is -1.90. The lowest BCUT2D eigenvalue weighted by Gasteiger charge is -2.28. The van der Waals surface area contributed by atoms with Crippen LogP contribution in [0.4, 0.5) is 0 Å². The molecular formula is C13H12ClN3O2. The molecule has 2 N–H and O–H groups in total. The highest BCUT2D eigenvalue weighted by molar-refractivity contribution is 6.31. The van der Waals surface area contributed by atoms with Gasteiger partial charge in [-0.15, -0.1) is 0 Å². The average molecular weight is 278 g/mol. The van der Waals surface area contributed by atoms with E-state index in [1.165, 1.54) is 6.07 Å². The molecule has 0 aliphatic carbocycles. The number of benzene rings is 1. The van der Waals surface area contributed by atoms with Gasteiger partial charge in [0.05, 0.1) is 24.2 Å². The number of piperidine rings is 1. The molecule has 1 aromatic carbocycles. The number of carbonyl (C=O) groups is 2. The highest BCUT2D eigenvalue weighted by atomic mass is 35.5. The number of hydrogen-bond acceptors (Lipinski definition) is 4. The SMILES string of the molecule is N#Cc1ccc(CN2C(=O)CCC(N)C2=O)c(Cl)c1. The zero-order valence-corrected chi connectivity index (χ0v) is 10.9. The van der Waals surface area contributed by atoms with Crippen molar-refractivity contribution in [3.8, 4) is 6.07 Å². The zero-order valence-electron chi connectivity index (χ0n) is 10.1. The van der Waals surface area contributed by atoms with Gasteiger partial charge in [-0.1, -0.05) is 17.7 Å². The molecule has 6 heteroatoms. The second kappa shape index (κ2) is 5.39. The minimum Gasteiger partial charge on any atom is -0.320 e. The summed E-state index contributed by atoms with van der Waals surface area (Å²) in [6, 6.07) is 6.09. The predicted octanol–water partition coefficient (Wildman–Crippen LogP) is 1.19. The van der Waals surface area contributed by atoms with Crippen LogP contribution in [0.15, 0.2) is 18.2 Å². The van der Waals surface area contributed by atoms with Gasteiger partial charge in [0.2, 0.25) is 11.8 Å². The molecule has 0 radical (unpaired) electrons. The molecule has 5 nitrogen and oxygen atoms in total. The summed E-state index contributed by atoms with van der Waals surface area (Å²) in [4.78, 5) is 24.7. The smallest absolute Gasteiger partial charge is 0.246 e. The molecule has 1 atom stereocenters. The fourth-order valence-electron chi connectivity index (χ4n) is 1.94. The van der Waals surface area contributed by atoms with Crippen LogP contribution in [0.3, 0.4) is 0 Å². The number of nitrogens with two attached hydrogens (primary N) is 1. The highest BCUT2D eigenvalue weighted by Crippen LogP contribution is 2.22. The van der Waals surface area contributed by atoms with Crippen molar-refractivity contribution in [2.75, 3.05) is 0 Å². The zero-order chi connectivity index (χ0) is 14.0. The fraction of sp³-hybridized carbons (Fsp3) is 0.308. The fourth-order valence-corrected chi connectivity index (χ4v) is 2.18. The first-order valence-corrected chi connectivity index (χ1v) is 6.19. The molecule has 1 unspecified atom stereocenters. The summed E-state index contributed by atoms with van der Waals surface area (Å²) in [7, 11) is 0. The molecule has 98 valence electrons. The average Bonchev–Trinajstić information content (AvgIpc) is 2.40. The van der Waals surface area contributed by atoms with Gasteiger partial charge < -0.3 is 5.73 Å². The number of nitriles is 1. The van der Waals surface area contributed by atoms with Gasteiger partial charge in [0.15, 0.2) is 0 Å². The molecule has 0 saturated carbocycles. The second-order valence-electron chi connectivity index (χ2n) is 4.38. The normalized spacial score (nSPS) is 19.4. The quantitative estimate of drug-likeness (QED) is 0.823. The summed E-state index contributed by atoms with van der Waals surface area (Å²) in [6.45, 7) is 0.0932. The molecule has 1 heterocycles. The van der Waals surface area contributed by atoms with Crippen molar-refractivity contribution in [2.45, 2.75) is 25.4 Å². The van der Waals surface area contributed by atoms with Crippen molar-refractivity contribution < 1.29 is 9.59 Å². The van der Waals surface area contributed by atoms with Gasteiger partial charge in [0.25, 0.3) is 0 Å². The van der Waals surface area contributed by atoms with Crippen molar-refractivity contribution in [1.82, 2.24) is 4.90 Å². The number of likely N-dealkylation sites (tertiary alicyclic amines) is 1. The van der Waals surface area contributed by atoms with Crippen molar-refractivity contribution >= 4 is 23.4 Å². The maximum absolute atomic E-state index is 11.9. The molecule has 1 saturated heterocycles. The van der Waals surface area contributed by atoms with Gasteiger partial charge in [0, 0.05) is 11.4 Å². The van der Waals surface area contributed by atoms with E-state index in [9.17, 15) is 9.59 Å². The molecule has 1 aliphatic heterocycles. The summed E-state index contributed by atoms with van der Waals surface area (Å²) < 4.78 is 0. The topological polar surface area (TPSA) is 87.2 Å². The van der Waals surface area contributed by atoms with E-state index < -0.39 is 6.04 Å². The molecule has 1 aromatic rings. The van der Waals surface area contributed by atoms with Gasteiger partial charge in [-0.05, 0) is 24.1 Å². The van der Waals surface area contributed by atoms with E-state index in [0.29, 0.717) is 22.6 Å². The van der Waals surface area contributed by atoms with Gasteiger partial charge in [-0.3, -0.25) is 14.5 Å². The highest BCUT2D eigenvalue weighted by Gasteiger charge is 2.32. The number of carbonyl (C=O) groups excluding carboxylic acids is 2. The van der Waals surface area contributed by atoms with E-state index in [1.54, 1.807) is 12.1 Å². The molecule has 1 aliphatic rings. The number of halogens is 1. The van der Waals surface area contributed by atoms with Crippen LogP contribution in [0.5, 0.6) is 0 Å². The third-order valence-electron chi connectivity index (χ3n) is 3.06. The van der Waals surface area contributed by atoms with Crippen LogP contribution in [-0.4, -0.2) is 22.8 Å². The van der Waals surface area contributed by atoms with Gasteiger partial charge >= 0.3 is 0 Å². The Balaban J connectivity index is 2.23. The Bertz CT molecular complexity index is 580. The molecule has 2 amide bonds. The van der Waals surface area contributed by atoms with Crippen LogP contribution in [0.2, 0.25) is 5.02 Å². The maximum atomic E-state index is 11.9. The Morgan fingerprint density at radius 1 is 1.47 bits per heavy atom. The van der Waals surface area contributed by atoms with E-state index in [-0.39, 0.29) is 24.8 Å². The van der Waals surface area contributed by atoms with E-state index in [4.69, 9.17) is 22.6 Å². The minimum absolute atomic E-state index is 0.0932. The molecule has 2 rings (SSSR count). The standard InChI is InChI=1S/C13H12ClN3O2/c14-10-5-8(6-15)1-2-9(10)7-17-12(18)4-3-11(16)13(17)19/h1-2,5,11H,3-4,7,16H2. The van der Waals surface area contributed by atoms with Crippen LogP contribution < -0.4 is 5.73 Å². The predicted molar refractivity (Wildman–Crippen MR) is 68.9 cm³/mol. The lowest BCUT2D eigenvalue weighted by atomic mass is 10.0.